The first-order chi connectivity index (χ1) is 14.7. The highest BCUT2D eigenvalue weighted by molar-refractivity contribution is 5.92. The van der Waals surface area contributed by atoms with E-state index in [2.05, 4.69) is 40.5 Å². The number of hydrogen-bond donors (Lipinski definition) is 3. The van der Waals surface area contributed by atoms with Crippen molar-refractivity contribution in [2.24, 2.45) is 0 Å². The topological polar surface area (TPSA) is 110 Å². The molecule has 2 aliphatic rings. The lowest BCUT2D eigenvalue weighted by atomic mass is 9.86. The van der Waals surface area contributed by atoms with Gasteiger partial charge in [0.15, 0.2) is 11.5 Å². The summed E-state index contributed by atoms with van der Waals surface area (Å²) in [6, 6.07) is 6.30. The van der Waals surface area contributed by atoms with Crippen molar-refractivity contribution in [2.75, 3.05) is 18.4 Å². The van der Waals surface area contributed by atoms with Crippen molar-refractivity contribution in [1.82, 2.24) is 35.1 Å². The minimum absolute atomic E-state index is 0.117. The second-order valence-electron chi connectivity index (χ2n) is 8.17. The van der Waals surface area contributed by atoms with Crippen LogP contribution in [-0.4, -0.2) is 55.6 Å². The van der Waals surface area contributed by atoms with Gasteiger partial charge in [-0.05, 0) is 57.8 Å². The summed E-state index contributed by atoms with van der Waals surface area (Å²) in [6.07, 6.45) is 7.30. The van der Waals surface area contributed by atoms with E-state index in [0.29, 0.717) is 11.7 Å². The van der Waals surface area contributed by atoms with Gasteiger partial charge >= 0.3 is 0 Å². The molecule has 1 saturated heterocycles. The zero-order valence-electron chi connectivity index (χ0n) is 17.0. The second-order valence-corrected chi connectivity index (χ2v) is 8.17. The van der Waals surface area contributed by atoms with E-state index in [1.807, 2.05) is 25.4 Å². The third-order valence-corrected chi connectivity index (χ3v) is 6.00. The third-order valence-electron chi connectivity index (χ3n) is 6.00. The summed E-state index contributed by atoms with van der Waals surface area (Å²) in [5.74, 6) is 0.689. The zero-order chi connectivity index (χ0) is 20.5. The number of piperidine rings is 1. The number of carbonyl (C=O) groups is 1. The highest BCUT2D eigenvalue weighted by Crippen LogP contribution is 2.35. The Bertz CT molecular complexity index is 1050. The fourth-order valence-corrected chi connectivity index (χ4v) is 4.25. The monoisotopic (exact) mass is 406 g/mol. The maximum Gasteiger partial charge on any atom is 0.270 e. The van der Waals surface area contributed by atoms with Gasteiger partial charge in [0.25, 0.3) is 5.91 Å². The summed E-state index contributed by atoms with van der Waals surface area (Å²) in [7, 11) is 0. The SMILES string of the molecule is Cc1cccc(C(=O)NC2CC(n3cnc4c(NC5CCNCC5)ncnc43)C2)n1. The number of rotatable bonds is 5. The quantitative estimate of drug-likeness (QED) is 0.593. The van der Waals surface area contributed by atoms with Crippen molar-refractivity contribution in [2.45, 2.75) is 50.7 Å². The summed E-state index contributed by atoms with van der Waals surface area (Å²) >= 11 is 0. The zero-order valence-corrected chi connectivity index (χ0v) is 17.0. The molecule has 9 nitrogen and oxygen atoms in total. The molecule has 4 heterocycles. The first-order valence-corrected chi connectivity index (χ1v) is 10.6. The fraction of sp³-hybridized carbons (Fsp3) is 0.476. The molecular formula is C21H26N8O. The lowest BCUT2D eigenvalue weighted by Crippen LogP contribution is -2.45. The van der Waals surface area contributed by atoms with Gasteiger partial charge in [-0.25, -0.2) is 19.9 Å². The molecule has 2 fully saturated rings. The molecule has 1 saturated carbocycles. The highest BCUT2D eigenvalue weighted by Gasteiger charge is 2.33. The van der Waals surface area contributed by atoms with E-state index in [9.17, 15) is 4.79 Å². The average molecular weight is 406 g/mol. The molecule has 1 amide bonds. The molecule has 0 bridgehead atoms. The molecule has 0 spiro atoms. The van der Waals surface area contributed by atoms with Crippen LogP contribution in [0.4, 0.5) is 5.82 Å². The van der Waals surface area contributed by atoms with Crippen LogP contribution in [0.15, 0.2) is 30.9 Å². The van der Waals surface area contributed by atoms with Crippen molar-refractivity contribution < 1.29 is 4.79 Å². The Hall–Kier alpha value is -3.07. The second kappa shape index (κ2) is 7.98. The van der Waals surface area contributed by atoms with Crippen LogP contribution in [-0.2, 0) is 0 Å². The Labute approximate surface area is 174 Å². The molecule has 5 rings (SSSR count). The van der Waals surface area contributed by atoms with E-state index in [4.69, 9.17) is 0 Å². The number of anilines is 1. The fourth-order valence-electron chi connectivity index (χ4n) is 4.25. The molecule has 0 aromatic carbocycles. The predicted molar refractivity (Wildman–Crippen MR) is 113 cm³/mol. The van der Waals surface area contributed by atoms with Gasteiger partial charge in [-0.1, -0.05) is 6.07 Å². The van der Waals surface area contributed by atoms with E-state index >= 15 is 0 Å². The Morgan fingerprint density at radius 3 is 2.77 bits per heavy atom. The van der Waals surface area contributed by atoms with Crippen LogP contribution in [0.2, 0.25) is 0 Å². The minimum atomic E-state index is -0.117. The number of pyridine rings is 1. The molecule has 1 aliphatic heterocycles. The number of amides is 1. The van der Waals surface area contributed by atoms with Gasteiger partial charge in [0.2, 0.25) is 0 Å². The van der Waals surface area contributed by atoms with Gasteiger partial charge < -0.3 is 20.5 Å². The first kappa shape index (κ1) is 18.9. The molecule has 0 radical (unpaired) electrons. The van der Waals surface area contributed by atoms with Gasteiger partial charge in [0.1, 0.15) is 17.5 Å². The molecule has 30 heavy (non-hydrogen) atoms. The number of aromatic nitrogens is 5. The van der Waals surface area contributed by atoms with Gasteiger partial charge in [-0.3, -0.25) is 4.79 Å². The highest BCUT2D eigenvalue weighted by atomic mass is 16.1. The number of imidazole rings is 1. The molecular weight excluding hydrogens is 380 g/mol. The molecule has 1 aliphatic carbocycles. The summed E-state index contributed by atoms with van der Waals surface area (Å²) in [4.78, 5) is 30.2. The van der Waals surface area contributed by atoms with Gasteiger partial charge in [0, 0.05) is 23.8 Å². The van der Waals surface area contributed by atoms with E-state index < -0.39 is 0 Å². The number of aryl methyl sites for hydroxylation is 1. The van der Waals surface area contributed by atoms with Crippen LogP contribution in [0.25, 0.3) is 11.2 Å². The summed E-state index contributed by atoms with van der Waals surface area (Å²) in [5, 5.41) is 9.99. The van der Waals surface area contributed by atoms with Crippen molar-refractivity contribution >= 4 is 22.9 Å². The van der Waals surface area contributed by atoms with E-state index in [0.717, 1.165) is 61.4 Å². The van der Waals surface area contributed by atoms with Crippen LogP contribution in [0.5, 0.6) is 0 Å². The van der Waals surface area contributed by atoms with Gasteiger partial charge in [0.05, 0.1) is 6.33 Å². The number of carbonyl (C=O) groups excluding carboxylic acids is 1. The number of nitrogens with zero attached hydrogens (tertiary/aromatic N) is 5. The smallest absolute Gasteiger partial charge is 0.270 e. The maximum atomic E-state index is 12.4. The molecule has 9 heteroatoms. The van der Waals surface area contributed by atoms with Crippen LogP contribution in [0.1, 0.15) is 47.9 Å². The number of hydrogen-bond acceptors (Lipinski definition) is 7. The molecule has 3 N–H and O–H groups in total. The number of nitrogens with one attached hydrogen (secondary N) is 3. The molecule has 156 valence electrons. The summed E-state index contributed by atoms with van der Waals surface area (Å²) in [5.41, 5.74) is 2.96. The third kappa shape index (κ3) is 3.72. The number of fused-ring (bicyclic) bond motifs is 1. The Balaban J connectivity index is 1.24. The normalized spacial score (nSPS) is 21.9. The lowest BCUT2D eigenvalue weighted by molar-refractivity contribution is 0.0889. The minimum Gasteiger partial charge on any atom is -0.365 e. The van der Waals surface area contributed by atoms with Crippen molar-refractivity contribution in [3.05, 3.63) is 42.2 Å². The van der Waals surface area contributed by atoms with Crippen molar-refractivity contribution in [1.29, 1.82) is 0 Å². The van der Waals surface area contributed by atoms with Crippen LogP contribution in [0.3, 0.4) is 0 Å². The average Bonchev–Trinajstić information content (AvgIpc) is 3.16. The first-order valence-electron chi connectivity index (χ1n) is 10.6. The van der Waals surface area contributed by atoms with Crippen LogP contribution < -0.4 is 16.0 Å². The maximum absolute atomic E-state index is 12.4. The standard InChI is InChI=1S/C21H26N8O/c1-13-3-2-4-17(26-13)21(30)28-15-9-16(10-15)29-12-25-18-19(23-11-24-20(18)29)27-14-5-7-22-8-6-14/h2-4,11-12,14-16,22H,5-10H2,1H3,(H,28,30)(H,23,24,27). The summed E-state index contributed by atoms with van der Waals surface area (Å²) < 4.78 is 2.11. The summed E-state index contributed by atoms with van der Waals surface area (Å²) in [6.45, 7) is 3.93. The molecule has 3 aromatic rings. The molecule has 3 aromatic heterocycles. The van der Waals surface area contributed by atoms with Crippen molar-refractivity contribution in [3.8, 4) is 0 Å². The van der Waals surface area contributed by atoms with Crippen LogP contribution in [0, 0.1) is 6.92 Å². The largest absolute Gasteiger partial charge is 0.365 e. The van der Waals surface area contributed by atoms with Crippen LogP contribution >= 0.6 is 0 Å². The van der Waals surface area contributed by atoms with E-state index in [1.54, 1.807) is 12.4 Å². The Morgan fingerprint density at radius 2 is 1.97 bits per heavy atom. The van der Waals surface area contributed by atoms with E-state index in [-0.39, 0.29) is 18.0 Å². The predicted octanol–water partition coefficient (Wildman–Crippen LogP) is 1.83. The van der Waals surface area contributed by atoms with E-state index in [1.165, 1.54) is 0 Å². The molecule has 0 unspecified atom stereocenters. The van der Waals surface area contributed by atoms with Gasteiger partial charge in [-0.15, -0.1) is 0 Å². The Kier molecular flexibility index (Phi) is 5.04. The lowest BCUT2D eigenvalue weighted by Gasteiger charge is -2.36. The van der Waals surface area contributed by atoms with Crippen molar-refractivity contribution in [3.63, 3.8) is 0 Å². The molecule has 0 atom stereocenters. The Morgan fingerprint density at radius 1 is 1.13 bits per heavy atom. The van der Waals surface area contributed by atoms with Gasteiger partial charge in [-0.2, -0.15) is 0 Å².